The predicted octanol–water partition coefficient (Wildman–Crippen LogP) is 2.19. The summed E-state index contributed by atoms with van der Waals surface area (Å²) in [5.74, 6) is 0.513. The first-order chi connectivity index (χ1) is 9.82. The van der Waals surface area contributed by atoms with Crippen LogP contribution in [-0.2, 0) is 7.05 Å². The average Bonchev–Trinajstić information content (AvgIpc) is 2.70. The van der Waals surface area contributed by atoms with E-state index in [1.165, 1.54) is 11.1 Å². The number of carbonyl (C=O) groups excluding carboxylic acids is 1. The van der Waals surface area contributed by atoms with E-state index in [0.717, 1.165) is 12.8 Å². The number of amides is 1. The fourth-order valence-electron chi connectivity index (χ4n) is 3.14. The molecule has 3 unspecified atom stereocenters. The van der Waals surface area contributed by atoms with Crippen LogP contribution in [0.25, 0.3) is 0 Å². The summed E-state index contributed by atoms with van der Waals surface area (Å²) in [4.78, 5) is 23.1. The van der Waals surface area contributed by atoms with Crippen molar-refractivity contribution in [2.24, 2.45) is 18.9 Å². The van der Waals surface area contributed by atoms with Gasteiger partial charge in [-0.25, -0.2) is 0 Å². The van der Waals surface area contributed by atoms with Gasteiger partial charge in [-0.15, -0.1) is 0 Å². The summed E-state index contributed by atoms with van der Waals surface area (Å²) in [5, 5.41) is 18.1. The molecule has 0 bridgehead atoms. The summed E-state index contributed by atoms with van der Waals surface area (Å²) in [7, 11) is 1.56. The van der Waals surface area contributed by atoms with Crippen molar-refractivity contribution in [2.75, 3.05) is 0 Å². The van der Waals surface area contributed by atoms with Crippen LogP contribution >= 0.6 is 0 Å². The third kappa shape index (κ3) is 2.91. The summed E-state index contributed by atoms with van der Waals surface area (Å²) in [6.45, 7) is 5.84. The number of carbonyl (C=O) groups is 1. The second-order valence-corrected chi connectivity index (χ2v) is 6.01. The molecule has 7 heteroatoms. The van der Waals surface area contributed by atoms with Crippen molar-refractivity contribution < 1.29 is 9.72 Å². The second-order valence-electron chi connectivity index (χ2n) is 6.01. The Balaban J connectivity index is 2.23. The maximum absolute atomic E-state index is 12.4. The van der Waals surface area contributed by atoms with Crippen LogP contribution in [0.15, 0.2) is 0 Å². The van der Waals surface area contributed by atoms with E-state index >= 15 is 0 Å². The van der Waals surface area contributed by atoms with Crippen LogP contribution in [-0.4, -0.2) is 26.7 Å². The lowest BCUT2D eigenvalue weighted by Gasteiger charge is -2.34. The van der Waals surface area contributed by atoms with E-state index in [1.54, 1.807) is 14.0 Å². The molecule has 1 aromatic heterocycles. The number of aromatic nitrogens is 2. The maximum atomic E-state index is 12.4. The van der Waals surface area contributed by atoms with Gasteiger partial charge in [0, 0.05) is 13.1 Å². The quantitative estimate of drug-likeness (QED) is 0.683. The van der Waals surface area contributed by atoms with Gasteiger partial charge in [-0.2, -0.15) is 5.10 Å². The van der Waals surface area contributed by atoms with Gasteiger partial charge in [-0.05, 0) is 25.2 Å². The zero-order chi connectivity index (χ0) is 15.7. The molecule has 1 amide bonds. The molecule has 1 saturated carbocycles. The standard InChI is InChI=1S/C14H22N4O3/c1-8-6-5-7-11(9(8)2)15-14(19)13-12(18(20)21)10(3)16-17(13)4/h8-9,11H,5-7H2,1-4H3,(H,15,19). The molecule has 0 radical (unpaired) electrons. The van der Waals surface area contributed by atoms with Gasteiger partial charge < -0.3 is 5.32 Å². The molecule has 7 nitrogen and oxygen atoms in total. The molecule has 1 fully saturated rings. The van der Waals surface area contributed by atoms with Gasteiger partial charge in [-0.1, -0.05) is 26.7 Å². The van der Waals surface area contributed by atoms with E-state index in [0.29, 0.717) is 11.8 Å². The van der Waals surface area contributed by atoms with Gasteiger partial charge in [0.1, 0.15) is 5.69 Å². The molecule has 21 heavy (non-hydrogen) atoms. The number of hydrogen-bond donors (Lipinski definition) is 1. The smallest absolute Gasteiger partial charge is 0.322 e. The summed E-state index contributed by atoms with van der Waals surface area (Å²) in [5.41, 5.74) is 0.0900. The first kappa shape index (κ1) is 15.5. The molecule has 3 atom stereocenters. The third-order valence-electron chi connectivity index (χ3n) is 4.61. The van der Waals surface area contributed by atoms with Crippen molar-refractivity contribution in [3.8, 4) is 0 Å². The predicted molar refractivity (Wildman–Crippen MR) is 78.0 cm³/mol. The van der Waals surface area contributed by atoms with E-state index in [1.807, 2.05) is 0 Å². The maximum Gasteiger partial charge on any atom is 0.322 e. The number of aryl methyl sites for hydroxylation is 2. The molecular formula is C14H22N4O3. The molecule has 1 aromatic rings. The lowest BCUT2D eigenvalue weighted by atomic mass is 9.78. The largest absolute Gasteiger partial charge is 0.347 e. The fraction of sp³-hybridized carbons (Fsp3) is 0.714. The molecule has 1 aliphatic carbocycles. The molecule has 0 aliphatic heterocycles. The van der Waals surface area contributed by atoms with Crippen molar-refractivity contribution in [3.05, 3.63) is 21.5 Å². The molecule has 2 rings (SSSR count). The highest BCUT2D eigenvalue weighted by molar-refractivity contribution is 5.97. The highest BCUT2D eigenvalue weighted by atomic mass is 16.6. The van der Waals surface area contributed by atoms with Crippen molar-refractivity contribution in [2.45, 2.75) is 46.1 Å². The Kier molecular flexibility index (Phi) is 4.29. The first-order valence-corrected chi connectivity index (χ1v) is 7.31. The minimum absolute atomic E-state index is 0.0305. The van der Waals surface area contributed by atoms with E-state index in [-0.39, 0.29) is 23.1 Å². The van der Waals surface area contributed by atoms with Crippen molar-refractivity contribution in [3.63, 3.8) is 0 Å². The van der Waals surface area contributed by atoms with Crippen LogP contribution < -0.4 is 5.32 Å². The van der Waals surface area contributed by atoms with Gasteiger partial charge in [0.15, 0.2) is 0 Å². The van der Waals surface area contributed by atoms with Crippen LogP contribution in [0.1, 0.15) is 49.3 Å². The Labute approximate surface area is 123 Å². The summed E-state index contributed by atoms with van der Waals surface area (Å²) in [6.07, 6.45) is 3.16. The molecule has 116 valence electrons. The van der Waals surface area contributed by atoms with Crippen LogP contribution in [0.3, 0.4) is 0 Å². The van der Waals surface area contributed by atoms with Gasteiger partial charge in [0.2, 0.25) is 5.69 Å². The van der Waals surface area contributed by atoms with Crippen molar-refractivity contribution in [1.29, 1.82) is 0 Å². The number of rotatable bonds is 3. The van der Waals surface area contributed by atoms with E-state index < -0.39 is 10.8 Å². The van der Waals surface area contributed by atoms with E-state index in [4.69, 9.17) is 0 Å². The number of nitrogens with zero attached hydrogens (tertiary/aromatic N) is 3. The molecule has 0 saturated heterocycles. The van der Waals surface area contributed by atoms with Gasteiger partial charge in [-0.3, -0.25) is 19.6 Å². The topological polar surface area (TPSA) is 90.1 Å². The van der Waals surface area contributed by atoms with Crippen molar-refractivity contribution >= 4 is 11.6 Å². The van der Waals surface area contributed by atoms with E-state index in [9.17, 15) is 14.9 Å². The Morgan fingerprint density at radius 2 is 2.10 bits per heavy atom. The Bertz CT molecular complexity index is 567. The Hall–Kier alpha value is -1.92. The molecule has 1 N–H and O–H groups in total. The fourth-order valence-corrected chi connectivity index (χ4v) is 3.14. The summed E-state index contributed by atoms with van der Waals surface area (Å²) in [6, 6.07) is 0.0658. The van der Waals surface area contributed by atoms with E-state index in [2.05, 4.69) is 24.3 Å². The van der Waals surface area contributed by atoms with Gasteiger partial charge in [0.25, 0.3) is 5.91 Å². The van der Waals surface area contributed by atoms with Crippen LogP contribution in [0.4, 0.5) is 5.69 Å². The molecule has 0 spiro atoms. The minimum atomic E-state index is -0.538. The highest BCUT2D eigenvalue weighted by Crippen LogP contribution is 2.30. The first-order valence-electron chi connectivity index (χ1n) is 7.31. The van der Waals surface area contributed by atoms with Crippen molar-refractivity contribution in [1.82, 2.24) is 15.1 Å². The number of nitrogens with one attached hydrogen (secondary N) is 1. The average molecular weight is 294 g/mol. The van der Waals surface area contributed by atoms with Crippen LogP contribution in [0.5, 0.6) is 0 Å². The lowest BCUT2D eigenvalue weighted by Crippen LogP contribution is -2.44. The summed E-state index contributed by atoms with van der Waals surface area (Å²) < 4.78 is 1.29. The molecule has 1 heterocycles. The highest BCUT2D eigenvalue weighted by Gasteiger charge is 2.33. The molecule has 0 aromatic carbocycles. The van der Waals surface area contributed by atoms with Gasteiger partial charge in [0.05, 0.1) is 4.92 Å². The SMILES string of the molecule is Cc1nn(C)c(C(=O)NC2CCCC(C)C2C)c1[N+](=O)[O-]. The summed E-state index contributed by atoms with van der Waals surface area (Å²) >= 11 is 0. The Morgan fingerprint density at radius 1 is 1.43 bits per heavy atom. The lowest BCUT2D eigenvalue weighted by molar-refractivity contribution is -0.385. The van der Waals surface area contributed by atoms with Gasteiger partial charge >= 0.3 is 5.69 Å². The normalized spacial score (nSPS) is 25.6. The number of nitro groups is 1. The Morgan fingerprint density at radius 3 is 2.71 bits per heavy atom. The number of hydrogen-bond acceptors (Lipinski definition) is 4. The third-order valence-corrected chi connectivity index (χ3v) is 4.61. The van der Waals surface area contributed by atoms with Crippen LogP contribution in [0.2, 0.25) is 0 Å². The molecule has 1 aliphatic rings. The monoisotopic (exact) mass is 294 g/mol. The molecular weight excluding hydrogens is 272 g/mol. The van der Waals surface area contributed by atoms with Crippen LogP contribution in [0, 0.1) is 28.9 Å². The minimum Gasteiger partial charge on any atom is -0.347 e. The zero-order valence-corrected chi connectivity index (χ0v) is 12.9. The second kappa shape index (κ2) is 5.83. The zero-order valence-electron chi connectivity index (χ0n) is 12.9.